The van der Waals surface area contributed by atoms with Crippen molar-refractivity contribution in [1.82, 2.24) is 4.72 Å². The van der Waals surface area contributed by atoms with Gasteiger partial charge in [-0.1, -0.05) is 19.3 Å². The van der Waals surface area contributed by atoms with Crippen molar-refractivity contribution in [3.63, 3.8) is 0 Å². The zero-order valence-corrected chi connectivity index (χ0v) is 10.0. The van der Waals surface area contributed by atoms with Crippen LogP contribution in [0.5, 0.6) is 0 Å². The zero-order chi connectivity index (χ0) is 11.4. The number of nitrogens with one attached hydrogen (secondary N) is 1. The second-order valence-electron chi connectivity index (χ2n) is 4.21. The first-order chi connectivity index (χ1) is 7.68. The van der Waals surface area contributed by atoms with E-state index in [9.17, 15) is 8.42 Å². The average Bonchev–Trinajstić information content (AvgIpc) is 2.81. The molecule has 4 nitrogen and oxygen atoms in total. The van der Waals surface area contributed by atoms with Crippen molar-refractivity contribution in [2.24, 2.45) is 0 Å². The third kappa shape index (κ3) is 2.86. The molecule has 0 amide bonds. The molecule has 5 heteroatoms. The van der Waals surface area contributed by atoms with Crippen LogP contribution in [0.25, 0.3) is 0 Å². The Morgan fingerprint density at radius 1 is 1.31 bits per heavy atom. The van der Waals surface area contributed by atoms with Gasteiger partial charge >= 0.3 is 0 Å². The van der Waals surface area contributed by atoms with Gasteiger partial charge in [0.15, 0.2) is 0 Å². The molecule has 0 aliphatic heterocycles. The summed E-state index contributed by atoms with van der Waals surface area (Å²) in [4.78, 5) is 0. The Bertz CT molecular complexity index is 404. The fourth-order valence-corrected chi connectivity index (χ4v) is 3.61. The van der Waals surface area contributed by atoms with Crippen LogP contribution in [0.3, 0.4) is 0 Å². The predicted octanol–water partition coefficient (Wildman–Crippen LogP) is 2.03. The number of hydrogen-bond acceptors (Lipinski definition) is 3. The van der Waals surface area contributed by atoms with E-state index in [4.69, 9.17) is 4.42 Å². The average molecular weight is 243 g/mol. The summed E-state index contributed by atoms with van der Waals surface area (Å²) in [5, 5.41) is -0.212. The first-order valence-electron chi connectivity index (χ1n) is 5.69. The molecule has 90 valence electrons. The minimum atomic E-state index is -3.17. The van der Waals surface area contributed by atoms with Crippen LogP contribution in [-0.4, -0.2) is 13.7 Å². The molecule has 1 saturated carbocycles. The quantitative estimate of drug-likeness (QED) is 0.880. The first kappa shape index (κ1) is 11.7. The van der Waals surface area contributed by atoms with Gasteiger partial charge in [0.1, 0.15) is 5.76 Å². The number of furan rings is 1. The van der Waals surface area contributed by atoms with Gasteiger partial charge in [-0.25, -0.2) is 13.1 Å². The molecule has 0 spiro atoms. The van der Waals surface area contributed by atoms with Gasteiger partial charge in [-0.3, -0.25) is 0 Å². The largest absolute Gasteiger partial charge is 0.468 e. The maximum absolute atomic E-state index is 11.9. The SMILES string of the molecule is O=S(=O)(NCc1ccco1)C1CCCCC1. The Morgan fingerprint density at radius 3 is 2.69 bits per heavy atom. The molecule has 1 aromatic rings. The van der Waals surface area contributed by atoms with E-state index in [0.29, 0.717) is 5.76 Å². The Morgan fingerprint density at radius 2 is 2.06 bits per heavy atom. The molecule has 0 radical (unpaired) electrons. The topological polar surface area (TPSA) is 59.3 Å². The lowest BCUT2D eigenvalue weighted by molar-refractivity contribution is 0.468. The normalized spacial score (nSPS) is 18.8. The minimum Gasteiger partial charge on any atom is -0.468 e. The van der Waals surface area contributed by atoms with Gasteiger partial charge < -0.3 is 4.42 Å². The zero-order valence-electron chi connectivity index (χ0n) is 9.19. The molecule has 0 saturated heterocycles. The highest BCUT2D eigenvalue weighted by molar-refractivity contribution is 7.90. The molecular formula is C11H17NO3S. The summed E-state index contributed by atoms with van der Waals surface area (Å²) in [6, 6.07) is 3.52. The van der Waals surface area contributed by atoms with Crippen LogP contribution in [-0.2, 0) is 16.6 Å². The molecule has 1 aliphatic rings. The first-order valence-corrected chi connectivity index (χ1v) is 7.24. The van der Waals surface area contributed by atoms with Crippen LogP contribution in [0.2, 0.25) is 0 Å². The highest BCUT2D eigenvalue weighted by atomic mass is 32.2. The van der Waals surface area contributed by atoms with Gasteiger partial charge in [-0.2, -0.15) is 0 Å². The van der Waals surface area contributed by atoms with Crippen LogP contribution in [0.15, 0.2) is 22.8 Å². The maximum atomic E-state index is 11.9. The van der Waals surface area contributed by atoms with Gasteiger partial charge in [0, 0.05) is 0 Å². The molecule has 0 aromatic carbocycles. The lowest BCUT2D eigenvalue weighted by atomic mass is 10.0. The van der Waals surface area contributed by atoms with Crippen LogP contribution in [0.4, 0.5) is 0 Å². The standard InChI is InChI=1S/C11H17NO3S/c13-16(14,11-6-2-1-3-7-11)12-9-10-5-4-8-15-10/h4-5,8,11-12H,1-3,6-7,9H2. The predicted molar refractivity (Wildman–Crippen MR) is 61.3 cm³/mol. The van der Waals surface area contributed by atoms with Crippen molar-refractivity contribution in [3.8, 4) is 0 Å². The maximum Gasteiger partial charge on any atom is 0.214 e. The molecule has 1 aliphatic carbocycles. The van der Waals surface area contributed by atoms with Crippen LogP contribution >= 0.6 is 0 Å². The Hall–Kier alpha value is -0.810. The fraction of sp³-hybridized carbons (Fsp3) is 0.636. The molecule has 1 fully saturated rings. The van der Waals surface area contributed by atoms with E-state index in [2.05, 4.69) is 4.72 Å². The van der Waals surface area contributed by atoms with Crippen molar-refractivity contribution in [2.45, 2.75) is 43.9 Å². The highest BCUT2D eigenvalue weighted by Crippen LogP contribution is 2.23. The molecular weight excluding hydrogens is 226 g/mol. The van der Waals surface area contributed by atoms with E-state index < -0.39 is 10.0 Å². The Labute approximate surface area is 96.1 Å². The summed E-state index contributed by atoms with van der Waals surface area (Å²) < 4.78 is 31.6. The van der Waals surface area contributed by atoms with Crippen molar-refractivity contribution in [2.75, 3.05) is 0 Å². The molecule has 1 N–H and O–H groups in total. The molecule has 1 aromatic heterocycles. The second kappa shape index (κ2) is 5.01. The number of hydrogen-bond donors (Lipinski definition) is 1. The second-order valence-corrected chi connectivity index (χ2v) is 6.25. The van der Waals surface area contributed by atoms with E-state index in [1.165, 1.54) is 0 Å². The van der Waals surface area contributed by atoms with Crippen molar-refractivity contribution < 1.29 is 12.8 Å². The summed E-state index contributed by atoms with van der Waals surface area (Å²) in [5.41, 5.74) is 0. The summed E-state index contributed by atoms with van der Waals surface area (Å²) in [7, 11) is -3.17. The van der Waals surface area contributed by atoms with Crippen molar-refractivity contribution in [1.29, 1.82) is 0 Å². The van der Waals surface area contributed by atoms with E-state index in [1.807, 2.05) is 0 Å². The van der Waals surface area contributed by atoms with E-state index in [0.717, 1.165) is 32.1 Å². The highest BCUT2D eigenvalue weighted by Gasteiger charge is 2.26. The van der Waals surface area contributed by atoms with Gasteiger partial charge in [-0.05, 0) is 25.0 Å². The van der Waals surface area contributed by atoms with E-state index >= 15 is 0 Å². The minimum absolute atomic E-state index is 0.212. The van der Waals surface area contributed by atoms with Gasteiger partial charge in [0.2, 0.25) is 10.0 Å². The summed E-state index contributed by atoms with van der Waals surface area (Å²) >= 11 is 0. The lowest BCUT2D eigenvalue weighted by Gasteiger charge is -2.21. The van der Waals surface area contributed by atoms with Crippen molar-refractivity contribution >= 4 is 10.0 Å². The van der Waals surface area contributed by atoms with Crippen LogP contribution < -0.4 is 4.72 Å². The third-order valence-electron chi connectivity index (χ3n) is 3.02. The van der Waals surface area contributed by atoms with Crippen LogP contribution in [0, 0.1) is 0 Å². The molecule has 0 atom stereocenters. The lowest BCUT2D eigenvalue weighted by Crippen LogP contribution is -2.35. The van der Waals surface area contributed by atoms with E-state index in [-0.39, 0.29) is 11.8 Å². The monoisotopic (exact) mass is 243 g/mol. The summed E-state index contributed by atoms with van der Waals surface area (Å²) in [6.45, 7) is 0.256. The van der Waals surface area contributed by atoms with Gasteiger partial charge in [0.25, 0.3) is 0 Å². The Balaban J connectivity index is 1.91. The fourth-order valence-electron chi connectivity index (χ4n) is 2.08. The molecule has 16 heavy (non-hydrogen) atoms. The number of sulfonamides is 1. The summed E-state index contributed by atoms with van der Waals surface area (Å²) in [5.74, 6) is 0.652. The Kier molecular flexibility index (Phi) is 3.66. The molecule has 0 unspecified atom stereocenters. The van der Waals surface area contributed by atoms with E-state index in [1.54, 1.807) is 18.4 Å². The number of rotatable bonds is 4. The van der Waals surface area contributed by atoms with Crippen molar-refractivity contribution in [3.05, 3.63) is 24.2 Å². The summed E-state index contributed by atoms with van der Waals surface area (Å²) in [6.07, 6.45) is 6.31. The third-order valence-corrected chi connectivity index (χ3v) is 4.91. The molecule has 1 heterocycles. The smallest absolute Gasteiger partial charge is 0.214 e. The van der Waals surface area contributed by atoms with Crippen LogP contribution in [0.1, 0.15) is 37.9 Å². The molecule has 2 rings (SSSR count). The van der Waals surface area contributed by atoms with Gasteiger partial charge in [-0.15, -0.1) is 0 Å². The van der Waals surface area contributed by atoms with Gasteiger partial charge in [0.05, 0.1) is 18.1 Å². The molecule has 0 bridgehead atoms.